The molecule has 2 N–H and O–H groups in total. The molecule has 96 valence electrons. The summed E-state index contributed by atoms with van der Waals surface area (Å²) < 4.78 is 38.7. The lowest BCUT2D eigenvalue weighted by Crippen LogP contribution is -2.10. The van der Waals surface area contributed by atoms with Gasteiger partial charge in [0.05, 0.1) is 18.3 Å². The summed E-state index contributed by atoms with van der Waals surface area (Å²) in [6.07, 6.45) is -2.68. The van der Waals surface area contributed by atoms with E-state index >= 15 is 0 Å². The first kappa shape index (κ1) is 12.6. The Bertz CT molecular complexity index is 516. The van der Waals surface area contributed by atoms with Crippen molar-refractivity contribution in [3.63, 3.8) is 0 Å². The first-order valence-electron chi connectivity index (χ1n) is 5.28. The summed E-state index contributed by atoms with van der Waals surface area (Å²) in [5.41, 5.74) is 5.80. The highest BCUT2D eigenvalue weighted by molar-refractivity contribution is 5.58. The Labute approximate surface area is 101 Å². The van der Waals surface area contributed by atoms with Gasteiger partial charge in [-0.05, 0) is 12.1 Å². The standard InChI is InChI=1S/C11H11F3N4/c12-11(13,14)9-3-1-8(2-4-9)10-7-18(6-5-15)17-16-10/h1-4,7H,5-6,15H2. The average Bonchev–Trinajstić information content (AvgIpc) is 2.77. The first-order chi connectivity index (χ1) is 8.50. The van der Waals surface area contributed by atoms with Gasteiger partial charge < -0.3 is 5.73 Å². The molecule has 0 bridgehead atoms. The van der Waals surface area contributed by atoms with Crippen LogP contribution in [0.2, 0.25) is 0 Å². The molecule has 1 heterocycles. The number of halogens is 3. The fourth-order valence-corrected chi connectivity index (χ4v) is 1.50. The zero-order valence-electron chi connectivity index (χ0n) is 9.35. The summed E-state index contributed by atoms with van der Waals surface area (Å²) in [5.74, 6) is 0. The van der Waals surface area contributed by atoms with Crippen LogP contribution in [0.25, 0.3) is 11.3 Å². The molecule has 0 unspecified atom stereocenters. The van der Waals surface area contributed by atoms with Crippen LogP contribution in [0.4, 0.5) is 13.2 Å². The van der Waals surface area contributed by atoms with Gasteiger partial charge in [-0.3, -0.25) is 4.68 Å². The molecule has 0 radical (unpaired) electrons. The fraction of sp³-hybridized carbons (Fsp3) is 0.273. The lowest BCUT2D eigenvalue weighted by Gasteiger charge is -2.06. The lowest BCUT2D eigenvalue weighted by molar-refractivity contribution is -0.137. The molecule has 0 amide bonds. The Balaban J connectivity index is 2.23. The van der Waals surface area contributed by atoms with E-state index in [2.05, 4.69) is 10.3 Å². The topological polar surface area (TPSA) is 56.7 Å². The number of benzene rings is 1. The highest BCUT2D eigenvalue weighted by Gasteiger charge is 2.30. The number of nitrogens with two attached hydrogens (primary N) is 1. The van der Waals surface area contributed by atoms with E-state index < -0.39 is 11.7 Å². The first-order valence-corrected chi connectivity index (χ1v) is 5.28. The highest BCUT2D eigenvalue weighted by atomic mass is 19.4. The molecule has 1 aromatic carbocycles. The van der Waals surface area contributed by atoms with Crippen molar-refractivity contribution in [2.75, 3.05) is 6.54 Å². The number of nitrogens with zero attached hydrogens (tertiary/aromatic N) is 3. The number of hydrogen-bond donors (Lipinski definition) is 1. The van der Waals surface area contributed by atoms with Gasteiger partial charge in [0.2, 0.25) is 0 Å². The molecule has 0 saturated carbocycles. The zero-order chi connectivity index (χ0) is 13.2. The molecule has 18 heavy (non-hydrogen) atoms. The molecule has 0 saturated heterocycles. The Morgan fingerprint density at radius 2 is 1.83 bits per heavy atom. The Kier molecular flexibility index (Phi) is 3.33. The largest absolute Gasteiger partial charge is 0.416 e. The molecule has 0 aliphatic carbocycles. The predicted octanol–water partition coefficient (Wildman–Crippen LogP) is 1.92. The maximum Gasteiger partial charge on any atom is 0.416 e. The summed E-state index contributed by atoms with van der Waals surface area (Å²) in [6, 6.07) is 4.80. The van der Waals surface area contributed by atoms with E-state index in [1.165, 1.54) is 12.1 Å². The highest BCUT2D eigenvalue weighted by Crippen LogP contribution is 2.30. The van der Waals surface area contributed by atoms with Gasteiger partial charge in [-0.25, -0.2) is 0 Å². The minimum atomic E-state index is -4.32. The fourth-order valence-electron chi connectivity index (χ4n) is 1.50. The molecule has 0 spiro atoms. The second kappa shape index (κ2) is 4.77. The average molecular weight is 256 g/mol. The molecular weight excluding hydrogens is 245 g/mol. The molecule has 4 nitrogen and oxygen atoms in total. The Hall–Kier alpha value is -1.89. The van der Waals surface area contributed by atoms with Crippen LogP contribution in [0, 0.1) is 0 Å². The van der Waals surface area contributed by atoms with E-state index in [0.717, 1.165) is 12.1 Å². The number of alkyl halides is 3. The SMILES string of the molecule is NCCn1cc(-c2ccc(C(F)(F)F)cc2)nn1. The molecule has 7 heteroatoms. The smallest absolute Gasteiger partial charge is 0.329 e. The molecule has 0 aliphatic heterocycles. The third kappa shape index (κ3) is 2.67. The molecule has 0 fully saturated rings. The van der Waals surface area contributed by atoms with Crippen LogP contribution in [0.3, 0.4) is 0 Å². The number of rotatable bonds is 3. The van der Waals surface area contributed by atoms with Gasteiger partial charge in [0.25, 0.3) is 0 Å². The monoisotopic (exact) mass is 256 g/mol. The zero-order valence-corrected chi connectivity index (χ0v) is 9.35. The third-order valence-electron chi connectivity index (χ3n) is 2.40. The lowest BCUT2D eigenvalue weighted by atomic mass is 10.1. The van der Waals surface area contributed by atoms with E-state index in [9.17, 15) is 13.2 Å². The van der Waals surface area contributed by atoms with Crippen LogP contribution in [0.5, 0.6) is 0 Å². The van der Waals surface area contributed by atoms with Crippen molar-refractivity contribution in [1.82, 2.24) is 15.0 Å². The molecule has 2 aromatic rings. The second-order valence-electron chi connectivity index (χ2n) is 3.73. The van der Waals surface area contributed by atoms with E-state index in [-0.39, 0.29) is 0 Å². The predicted molar refractivity (Wildman–Crippen MR) is 59.5 cm³/mol. The maximum atomic E-state index is 12.4. The van der Waals surface area contributed by atoms with E-state index in [0.29, 0.717) is 24.3 Å². The van der Waals surface area contributed by atoms with Crippen molar-refractivity contribution < 1.29 is 13.2 Å². The minimum Gasteiger partial charge on any atom is -0.329 e. The minimum absolute atomic E-state index is 0.426. The van der Waals surface area contributed by atoms with E-state index in [4.69, 9.17) is 5.73 Å². The van der Waals surface area contributed by atoms with Crippen molar-refractivity contribution in [1.29, 1.82) is 0 Å². The van der Waals surface area contributed by atoms with Gasteiger partial charge in [0.15, 0.2) is 0 Å². The maximum absolute atomic E-state index is 12.4. The van der Waals surface area contributed by atoms with Gasteiger partial charge in [-0.1, -0.05) is 17.3 Å². The van der Waals surface area contributed by atoms with Gasteiger partial charge in [-0.2, -0.15) is 13.2 Å². The molecule has 0 atom stereocenters. The van der Waals surface area contributed by atoms with E-state index in [1.54, 1.807) is 10.9 Å². The second-order valence-corrected chi connectivity index (χ2v) is 3.73. The molecule has 2 rings (SSSR count). The van der Waals surface area contributed by atoms with Crippen LogP contribution in [0.1, 0.15) is 5.56 Å². The summed E-state index contributed by atoms with van der Waals surface area (Å²) in [5, 5.41) is 7.69. The van der Waals surface area contributed by atoms with E-state index in [1.807, 2.05) is 0 Å². The number of hydrogen-bond acceptors (Lipinski definition) is 3. The van der Waals surface area contributed by atoms with Gasteiger partial charge in [0, 0.05) is 12.1 Å². The van der Waals surface area contributed by atoms with Gasteiger partial charge in [0.1, 0.15) is 5.69 Å². The third-order valence-corrected chi connectivity index (χ3v) is 2.40. The van der Waals surface area contributed by atoms with Crippen LogP contribution in [-0.4, -0.2) is 21.5 Å². The van der Waals surface area contributed by atoms with Crippen LogP contribution >= 0.6 is 0 Å². The summed E-state index contributed by atoms with van der Waals surface area (Å²) >= 11 is 0. The van der Waals surface area contributed by atoms with Crippen LogP contribution in [0.15, 0.2) is 30.5 Å². The van der Waals surface area contributed by atoms with Crippen molar-refractivity contribution in [3.05, 3.63) is 36.0 Å². The van der Waals surface area contributed by atoms with Crippen molar-refractivity contribution in [2.24, 2.45) is 5.73 Å². The van der Waals surface area contributed by atoms with Crippen molar-refractivity contribution >= 4 is 0 Å². The summed E-state index contributed by atoms with van der Waals surface area (Å²) in [6.45, 7) is 0.948. The normalized spacial score (nSPS) is 11.8. The summed E-state index contributed by atoms with van der Waals surface area (Å²) in [7, 11) is 0. The summed E-state index contributed by atoms with van der Waals surface area (Å²) in [4.78, 5) is 0. The van der Waals surface area contributed by atoms with Gasteiger partial charge >= 0.3 is 6.18 Å². The Morgan fingerprint density at radius 1 is 1.17 bits per heavy atom. The van der Waals surface area contributed by atoms with Crippen molar-refractivity contribution in [2.45, 2.75) is 12.7 Å². The Morgan fingerprint density at radius 3 is 2.39 bits per heavy atom. The van der Waals surface area contributed by atoms with Crippen molar-refractivity contribution in [3.8, 4) is 11.3 Å². The number of aromatic nitrogens is 3. The van der Waals surface area contributed by atoms with Crippen LogP contribution in [-0.2, 0) is 12.7 Å². The van der Waals surface area contributed by atoms with Gasteiger partial charge in [-0.15, -0.1) is 5.10 Å². The molecule has 0 aliphatic rings. The van der Waals surface area contributed by atoms with Crippen LogP contribution < -0.4 is 5.73 Å². The molecular formula is C11H11F3N4. The molecule has 1 aromatic heterocycles. The quantitative estimate of drug-likeness (QED) is 0.912.